The van der Waals surface area contributed by atoms with Crippen LogP contribution in [0.15, 0.2) is 60.7 Å². The van der Waals surface area contributed by atoms with Crippen LogP contribution in [0.25, 0.3) is 0 Å². The largest absolute Gasteiger partial charge is 0.287 e. The predicted molar refractivity (Wildman–Crippen MR) is 110 cm³/mol. The fraction of sp³-hybridized carbons (Fsp3) is 0.429. The minimum absolute atomic E-state index is 0. The standard InChI is InChI=1S/C21H25NO2.HI/c1-3-9-18(10-4-1)21(19-11-5-2-6-12-19)14-7-8-15-22(21)17-20-13-16-23-24-20;/h1-6,9-12,20H,7-8,13-17H2;1H. The highest BCUT2D eigenvalue weighted by Gasteiger charge is 2.43. The van der Waals surface area contributed by atoms with Gasteiger partial charge in [0.25, 0.3) is 0 Å². The van der Waals surface area contributed by atoms with Crippen molar-refractivity contribution in [3.63, 3.8) is 0 Å². The van der Waals surface area contributed by atoms with E-state index in [4.69, 9.17) is 9.78 Å². The van der Waals surface area contributed by atoms with E-state index >= 15 is 0 Å². The molecule has 0 saturated carbocycles. The van der Waals surface area contributed by atoms with Gasteiger partial charge in [-0.2, -0.15) is 0 Å². The quantitative estimate of drug-likeness (QED) is 0.495. The minimum atomic E-state index is -0.0628. The maximum absolute atomic E-state index is 5.48. The first kappa shape index (κ1) is 18.8. The highest BCUT2D eigenvalue weighted by molar-refractivity contribution is 14.0. The minimum Gasteiger partial charge on any atom is -0.287 e. The van der Waals surface area contributed by atoms with Crippen LogP contribution in [0.2, 0.25) is 0 Å². The summed E-state index contributed by atoms with van der Waals surface area (Å²) in [5, 5.41) is 0. The number of hydrogen-bond acceptors (Lipinski definition) is 3. The van der Waals surface area contributed by atoms with Crippen molar-refractivity contribution in [3.8, 4) is 0 Å². The van der Waals surface area contributed by atoms with Crippen molar-refractivity contribution < 1.29 is 9.78 Å². The number of piperidine rings is 1. The zero-order valence-corrected chi connectivity index (χ0v) is 16.8. The monoisotopic (exact) mass is 451 g/mol. The molecule has 1 unspecified atom stereocenters. The number of benzene rings is 2. The Morgan fingerprint density at radius 2 is 1.56 bits per heavy atom. The Hall–Kier alpha value is -0.950. The van der Waals surface area contributed by atoms with Gasteiger partial charge in [-0.25, -0.2) is 9.78 Å². The predicted octanol–water partition coefficient (Wildman–Crippen LogP) is 4.75. The van der Waals surface area contributed by atoms with Crippen LogP contribution in [0.4, 0.5) is 0 Å². The number of likely N-dealkylation sites (tertiary alicyclic amines) is 1. The lowest BCUT2D eigenvalue weighted by Gasteiger charge is -2.49. The van der Waals surface area contributed by atoms with E-state index in [2.05, 4.69) is 65.6 Å². The molecule has 2 aromatic rings. The van der Waals surface area contributed by atoms with Gasteiger partial charge in [-0.15, -0.1) is 24.0 Å². The fourth-order valence-corrected chi connectivity index (χ4v) is 4.27. The molecule has 0 bridgehead atoms. The Labute approximate surface area is 167 Å². The van der Waals surface area contributed by atoms with Crippen LogP contribution < -0.4 is 0 Å². The van der Waals surface area contributed by atoms with Crippen molar-refractivity contribution in [1.29, 1.82) is 0 Å². The Morgan fingerprint density at radius 1 is 0.920 bits per heavy atom. The molecule has 134 valence electrons. The van der Waals surface area contributed by atoms with E-state index in [-0.39, 0.29) is 35.6 Å². The topological polar surface area (TPSA) is 21.7 Å². The van der Waals surface area contributed by atoms with Gasteiger partial charge in [-0.1, -0.05) is 60.7 Å². The Balaban J connectivity index is 0.00000182. The molecule has 4 rings (SSSR count). The smallest absolute Gasteiger partial charge is 0.108 e. The van der Waals surface area contributed by atoms with Crippen LogP contribution in [-0.2, 0) is 15.3 Å². The number of hydrogen-bond donors (Lipinski definition) is 0. The summed E-state index contributed by atoms with van der Waals surface area (Å²) in [6.45, 7) is 2.73. The van der Waals surface area contributed by atoms with Crippen molar-refractivity contribution in [2.45, 2.75) is 37.3 Å². The van der Waals surface area contributed by atoms with Gasteiger partial charge in [-0.3, -0.25) is 4.90 Å². The molecule has 2 saturated heterocycles. The zero-order valence-electron chi connectivity index (χ0n) is 14.5. The van der Waals surface area contributed by atoms with Gasteiger partial charge < -0.3 is 0 Å². The summed E-state index contributed by atoms with van der Waals surface area (Å²) >= 11 is 0. The molecule has 4 heteroatoms. The Bertz CT molecular complexity index is 604. The molecule has 0 radical (unpaired) electrons. The first-order chi connectivity index (χ1) is 11.9. The molecule has 2 aromatic carbocycles. The molecule has 2 aliphatic heterocycles. The summed E-state index contributed by atoms with van der Waals surface area (Å²) < 4.78 is 0. The molecular weight excluding hydrogens is 425 g/mol. The van der Waals surface area contributed by atoms with E-state index in [1.807, 2.05) is 0 Å². The Morgan fingerprint density at radius 3 is 2.12 bits per heavy atom. The maximum atomic E-state index is 5.48. The van der Waals surface area contributed by atoms with Gasteiger partial charge in [0.1, 0.15) is 6.10 Å². The van der Waals surface area contributed by atoms with Crippen LogP contribution in [0.5, 0.6) is 0 Å². The third-order valence-electron chi connectivity index (χ3n) is 5.41. The molecule has 2 aliphatic rings. The lowest BCUT2D eigenvalue weighted by molar-refractivity contribution is -0.277. The molecule has 3 nitrogen and oxygen atoms in total. The van der Waals surface area contributed by atoms with Gasteiger partial charge in [0.05, 0.1) is 12.1 Å². The summed E-state index contributed by atoms with van der Waals surface area (Å²) in [7, 11) is 0. The average Bonchev–Trinajstić information content (AvgIpc) is 3.17. The second kappa shape index (κ2) is 8.62. The second-order valence-electron chi connectivity index (χ2n) is 6.82. The highest BCUT2D eigenvalue weighted by atomic mass is 127. The van der Waals surface area contributed by atoms with Crippen LogP contribution in [-0.4, -0.2) is 30.7 Å². The van der Waals surface area contributed by atoms with E-state index in [9.17, 15) is 0 Å². The Kier molecular flexibility index (Phi) is 6.49. The first-order valence-electron chi connectivity index (χ1n) is 9.04. The second-order valence-corrected chi connectivity index (χ2v) is 6.82. The third-order valence-corrected chi connectivity index (χ3v) is 5.41. The molecule has 0 aromatic heterocycles. The average molecular weight is 451 g/mol. The van der Waals surface area contributed by atoms with E-state index in [0.717, 1.165) is 25.9 Å². The van der Waals surface area contributed by atoms with Gasteiger partial charge in [0.15, 0.2) is 0 Å². The van der Waals surface area contributed by atoms with Crippen LogP contribution in [0.3, 0.4) is 0 Å². The fourth-order valence-electron chi connectivity index (χ4n) is 4.27. The van der Waals surface area contributed by atoms with Crippen molar-refractivity contribution in [2.24, 2.45) is 0 Å². The number of rotatable bonds is 4. The summed E-state index contributed by atoms with van der Waals surface area (Å²) in [6, 6.07) is 21.9. The van der Waals surface area contributed by atoms with Crippen molar-refractivity contribution >= 4 is 24.0 Å². The normalized spacial score (nSPS) is 23.1. The number of halogens is 1. The molecule has 25 heavy (non-hydrogen) atoms. The molecule has 0 aliphatic carbocycles. The van der Waals surface area contributed by atoms with Crippen molar-refractivity contribution in [1.82, 2.24) is 4.90 Å². The molecule has 2 heterocycles. The summed E-state index contributed by atoms with van der Waals surface area (Å²) in [5.41, 5.74) is 2.71. The summed E-state index contributed by atoms with van der Waals surface area (Å²) in [6.07, 6.45) is 4.80. The molecule has 1 atom stereocenters. The molecule has 2 fully saturated rings. The highest BCUT2D eigenvalue weighted by Crippen LogP contribution is 2.43. The lowest BCUT2D eigenvalue weighted by Crippen LogP contribution is -2.52. The summed E-state index contributed by atoms with van der Waals surface area (Å²) in [4.78, 5) is 13.3. The lowest BCUT2D eigenvalue weighted by atomic mass is 9.75. The molecule has 0 N–H and O–H groups in total. The van der Waals surface area contributed by atoms with E-state index in [1.165, 1.54) is 24.0 Å². The maximum Gasteiger partial charge on any atom is 0.108 e. The van der Waals surface area contributed by atoms with E-state index < -0.39 is 0 Å². The summed E-state index contributed by atoms with van der Waals surface area (Å²) in [5.74, 6) is 0. The number of nitrogens with zero attached hydrogens (tertiary/aromatic N) is 1. The van der Waals surface area contributed by atoms with Gasteiger partial charge in [0.2, 0.25) is 0 Å². The van der Waals surface area contributed by atoms with E-state index in [0.29, 0.717) is 6.61 Å². The van der Waals surface area contributed by atoms with Crippen molar-refractivity contribution in [3.05, 3.63) is 71.8 Å². The zero-order chi connectivity index (χ0) is 16.2. The van der Waals surface area contributed by atoms with Gasteiger partial charge >= 0.3 is 0 Å². The van der Waals surface area contributed by atoms with Crippen LogP contribution in [0.1, 0.15) is 36.8 Å². The van der Waals surface area contributed by atoms with Gasteiger partial charge in [0, 0.05) is 13.0 Å². The van der Waals surface area contributed by atoms with Crippen molar-refractivity contribution in [2.75, 3.05) is 19.7 Å². The SMILES string of the molecule is I.c1ccc(C2(c3ccccc3)CCCCN2CC2CCOO2)cc1. The van der Waals surface area contributed by atoms with Crippen LogP contribution >= 0.6 is 24.0 Å². The first-order valence-corrected chi connectivity index (χ1v) is 9.04. The molecule has 0 amide bonds. The van der Waals surface area contributed by atoms with E-state index in [1.54, 1.807) is 0 Å². The molecular formula is C21H26INO2. The molecule has 0 spiro atoms. The van der Waals surface area contributed by atoms with Gasteiger partial charge in [-0.05, 0) is 36.9 Å². The third kappa shape index (κ3) is 3.77. The van der Waals surface area contributed by atoms with Crippen LogP contribution in [0, 0.1) is 0 Å².